The van der Waals surface area contributed by atoms with E-state index in [0.717, 1.165) is 27.9 Å². The Bertz CT molecular complexity index is 1970. The second kappa shape index (κ2) is 9.05. The van der Waals surface area contributed by atoms with Crippen molar-refractivity contribution in [2.75, 3.05) is 9.96 Å². The minimum atomic E-state index is -1.60. The van der Waals surface area contributed by atoms with Crippen LogP contribution in [0.15, 0.2) is 127 Å². The molecule has 0 aromatic heterocycles. The van der Waals surface area contributed by atoms with E-state index < -0.39 is 28.9 Å². The van der Waals surface area contributed by atoms with Crippen molar-refractivity contribution >= 4 is 46.4 Å². The molecule has 2 bridgehead atoms. The van der Waals surface area contributed by atoms with Crippen molar-refractivity contribution < 1.29 is 14.4 Å². The number of rotatable bonds is 3. The number of benzene rings is 5. The quantitative estimate of drug-likeness (QED) is 0.193. The molecule has 2 saturated heterocycles. The number of hydrogen-bond donors (Lipinski definition) is 0. The van der Waals surface area contributed by atoms with Crippen LogP contribution in [0.25, 0.3) is 0 Å². The van der Waals surface area contributed by atoms with E-state index in [1.165, 1.54) is 4.90 Å². The maximum Gasteiger partial charge on any atom is 0.271 e. The normalized spacial score (nSPS) is 27.6. The average Bonchev–Trinajstić information content (AvgIpc) is 3.49. The van der Waals surface area contributed by atoms with Crippen molar-refractivity contribution in [3.63, 3.8) is 0 Å². The number of anilines is 2. The van der Waals surface area contributed by atoms with Crippen molar-refractivity contribution in [2.24, 2.45) is 5.41 Å². The molecule has 5 aromatic rings. The first-order valence-corrected chi connectivity index (χ1v) is 15.4. The largest absolute Gasteiger partial charge is 0.273 e. The summed E-state index contributed by atoms with van der Waals surface area (Å²) in [5.74, 6) is -1.73. The van der Waals surface area contributed by atoms with Crippen LogP contribution in [0.5, 0.6) is 0 Å². The van der Waals surface area contributed by atoms with E-state index in [1.54, 1.807) is 29.3 Å². The molecule has 0 radical (unpaired) electrons. The van der Waals surface area contributed by atoms with Crippen LogP contribution in [-0.4, -0.2) is 17.4 Å². The topological polar surface area (TPSA) is 49.9 Å². The van der Waals surface area contributed by atoms with E-state index >= 15 is 9.59 Å². The van der Waals surface area contributed by atoms with E-state index in [9.17, 15) is 0 Å². The van der Waals surface area contributed by atoms with Gasteiger partial charge >= 0.3 is 0 Å². The number of carbonyl (C=O) groups is 2. The van der Waals surface area contributed by atoms with Gasteiger partial charge in [0.2, 0.25) is 11.5 Å². The molecule has 0 spiro atoms. The monoisotopic (exact) mass is 614 g/mol. The highest BCUT2D eigenvalue weighted by Crippen LogP contribution is 2.78. The molecule has 5 aliphatic rings. The third-order valence-corrected chi connectivity index (χ3v) is 10.5. The summed E-state index contributed by atoms with van der Waals surface area (Å²) in [5.41, 5.74) is 2.93. The van der Waals surface area contributed by atoms with Gasteiger partial charge in [-0.25, -0.2) is 9.96 Å². The fourth-order valence-electron chi connectivity index (χ4n) is 8.54. The highest BCUT2D eigenvalue weighted by Gasteiger charge is 2.88. The standard InChI is InChI=1S/C37H24Cl2N2O3/c38-22-19-20-29(30(39)21-22)33-36-31-25-15-7-9-17-27(25)32(28-18-10-8-16-26(28)31)37(36,44-41(33)24-13-5-2-6-14-24)35(43)40(34(36)42)23-11-3-1-4-12-23/h1-21,31-33H. The molecule has 0 N–H and O–H groups in total. The van der Waals surface area contributed by atoms with E-state index in [0.29, 0.717) is 21.3 Å². The summed E-state index contributed by atoms with van der Waals surface area (Å²) in [4.78, 5) is 39.6. The van der Waals surface area contributed by atoms with Gasteiger partial charge in [0.25, 0.3) is 5.91 Å². The average molecular weight is 616 g/mol. The zero-order valence-corrected chi connectivity index (χ0v) is 24.7. The lowest BCUT2D eigenvalue weighted by atomic mass is 9.43. The summed E-state index contributed by atoms with van der Waals surface area (Å²) in [7, 11) is 0. The maximum absolute atomic E-state index is 15.6. The molecule has 10 rings (SSSR count). The molecule has 3 atom stereocenters. The minimum absolute atomic E-state index is 0.304. The lowest BCUT2D eigenvalue weighted by molar-refractivity contribution is -0.153. The lowest BCUT2D eigenvalue weighted by Gasteiger charge is -2.55. The summed E-state index contributed by atoms with van der Waals surface area (Å²) in [6.45, 7) is 0. The highest BCUT2D eigenvalue weighted by molar-refractivity contribution is 6.35. The molecule has 2 heterocycles. The molecular weight excluding hydrogens is 591 g/mol. The zero-order chi connectivity index (χ0) is 29.8. The summed E-state index contributed by atoms with van der Waals surface area (Å²) in [5, 5.41) is 2.65. The van der Waals surface area contributed by atoms with Gasteiger partial charge in [-0.15, -0.1) is 0 Å². The molecular formula is C37H24Cl2N2O3. The summed E-state index contributed by atoms with van der Waals surface area (Å²) < 4.78 is 0. The molecule has 2 aliphatic heterocycles. The number of imide groups is 1. The van der Waals surface area contributed by atoms with Crippen LogP contribution < -0.4 is 9.96 Å². The molecule has 0 saturated carbocycles. The fraction of sp³-hybridized carbons (Fsp3) is 0.135. The van der Waals surface area contributed by atoms with Crippen LogP contribution >= 0.6 is 23.2 Å². The first-order chi connectivity index (χ1) is 21.5. The second-order valence-electron chi connectivity index (χ2n) is 11.8. The number of hydrogen-bond acceptors (Lipinski definition) is 4. The summed E-state index contributed by atoms with van der Waals surface area (Å²) in [6.07, 6.45) is 0. The molecule has 5 nitrogen and oxygen atoms in total. The minimum Gasteiger partial charge on any atom is -0.273 e. The Labute approximate surface area is 264 Å². The number of para-hydroxylation sites is 2. The third-order valence-electron chi connectivity index (χ3n) is 9.98. The number of hydroxylamine groups is 1. The fourth-order valence-corrected chi connectivity index (χ4v) is 9.05. The van der Waals surface area contributed by atoms with Crippen LogP contribution in [0, 0.1) is 5.41 Å². The van der Waals surface area contributed by atoms with E-state index in [4.69, 9.17) is 28.0 Å². The van der Waals surface area contributed by atoms with Gasteiger partial charge < -0.3 is 0 Å². The van der Waals surface area contributed by atoms with E-state index in [1.807, 2.05) is 78.9 Å². The predicted molar refractivity (Wildman–Crippen MR) is 170 cm³/mol. The van der Waals surface area contributed by atoms with Crippen LogP contribution in [0.2, 0.25) is 10.0 Å². The Balaban J connectivity index is 1.45. The van der Waals surface area contributed by atoms with Gasteiger partial charge in [0.05, 0.1) is 17.3 Å². The van der Waals surface area contributed by atoms with Gasteiger partial charge in [-0.05, 0) is 64.2 Å². The highest BCUT2D eigenvalue weighted by atomic mass is 35.5. The van der Waals surface area contributed by atoms with Crippen LogP contribution in [0.1, 0.15) is 45.7 Å². The Morgan fingerprint density at radius 2 is 1.09 bits per heavy atom. The number of nitrogens with zero attached hydrogens (tertiary/aromatic N) is 2. The van der Waals surface area contributed by atoms with Crippen molar-refractivity contribution in [2.45, 2.75) is 23.5 Å². The molecule has 5 aromatic carbocycles. The van der Waals surface area contributed by atoms with Crippen molar-refractivity contribution in [3.8, 4) is 0 Å². The summed E-state index contributed by atoms with van der Waals surface area (Å²) in [6, 6.07) is 39.7. The predicted octanol–water partition coefficient (Wildman–Crippen LogP) is 8.08. The van der Waals surface area contributed by atoms with Gasteiger partial charge in [0.15, 0.2) is 0 Å². The molecule has 2 fully saturated rings. The van der Waals surface area contributed by atoms with Crippen LogP contribution in [0.3, 0.4) is 0 Å². The molecule has 3 aliphatic carbocycles. The molecule has 2 amide bonds. The van der Waals surface area contributed by atoms with Gasteiger partial charge in [-0.2, -0.15) is 0 Å². The Kier molecular flexibility index (Phi) is 5.35. The smallest absolute Gasteiger partial charge is 0.271 e. The SMILES string of the molecule is O=C1N(c2ccccc2)C(=O)C23C4c5ccccc5C(c5ccccc54)C12ON(c1ccccc1)C3c1ccc(Cl)cc1Cl. The third kappa shape index (κ3) is 2.95. The number of amides is 2. The second-order valence-corrected chi connectivity index (χ2v) is 12.7. The Morgan fingerprint density at radius 1 is 0.568 bits per heavy atom. The number of carbonyl (C=O) groups excluding carboxylic acids is 2. The van der Waals surface area contributed by atoms with Gasteiger partial charge in [-0.1, -0.05) is 114 Å². The van der Waals surface area contributed by atoms with Gasteiger partial charge in [0, 0.05) is 16.0 Å². The van der Waals surface area contributed by atoms with Crippen LogP contribution in [0.4, 0.5) is 11.4 Å². The van der Waals surface area contributed by atoms with E-state index in [2.05, 4.69) is 24.3 Å². The number of halogens is 2. The van der Waals surface area contributed by atoms with Gasteiger partial charge in [-0.3, -0.25) is 14.4 Å². The van der Waals surface area contributed by atoms with Crippen LogP contribution in [-0.2, 0) is 14.4 Å². The Hall–Kier alpha value is -4.42. The first kappa shape index (κ1) is 26.0. The Morgan fingerprint density at radius 3 is 1.66 bits per heavy atom. The lowest BCUT2D eigenvalue weighted by Crippen LogP contribution is -2.63. The zero-order valence-electron chi connectivity index (χ0n) is 23.2. The maximum atomic E-state index is 15.6. The molecule has 3 unspecified atom stereocenters. The molecule has 7 heteroatoms. The van der Waals surface area contributed by atoms with E-state index in [-0.39, 0.29) is 11.8 Å². The molecule has 214 valence electrons. The van der Waals surface area contributed by atoms with Gasteiger partial charge in [0.1, 0.15) is 11.5 Å². The van der Waals surface area contributed by atoms with Crippen molar-refractivity contribution in [1.29, 1.82) is 0 Å². The molecule has 44 heavy (non-hydrogen) atoms. The van der Waals surface area contributed by atoms with Crippen molar-refractivity contribution in [1.82, 2.24) is 0 Å². The van der Waals surface area contributed by atoms with Crippen molar-refractivity contribution in [3.05, 3.63) is 165 Å². The first-order valence-electron chi connectivity index (χ1n) is 14.6. The summed E-state index contributed by atoms with van der Waals surface area (Å²) >= 11 is 13.5.